The number of hydrogen-bond donors (Lipinski definition) is 0. The number of rotatable bonds is 6. The van der Waals surface area contributed by atoms with Gasteiger partial charge in [-0.05, 0) is 0 Å². The average Bonchev–Trinajstić information content (AvgIpc) is 2.22. The Labute approximate surface area is 103 Å². The van der Waals surface area contributed by atoms with Crippen molar-refractivity contribution in [1.29, 1.82) is 0 Å². The number of methoxy groups -OCH3 is 1. The SMILES string of the molecule is COC(=O)CP(=O)(COC(F)(F)F)OCC(F)(F)F. The molecule has 114 valence electrons. The highest BCUT2D eigenvalue weighted by Crippen LogP contribution is 2.49. The highest BCUT2D eigenvalue weighted by Gasteiger charge is 2.39. The van der Waals surface area contributed by atoms with E-state index in [-0.39, 0.29) is 0 Å². The molecule has 0 radical (unpaired) electrons. The average molecular weight is 318 g/mol. The Morgan fingerprint density at radius 3 is 2.05 bits per heavy atom. The van der Waals surface area contributed by atoms with Crippen LogP contribution in [0.3, 0.4) is 0 Å². The summed E-state index contributed by atoms with van der Waals surface area (Å²) in [5, 5.41) is 0. The fraction of sp³-hybridized carbons (Fsp3) is 0.857. The summed E-state index contributed by atoms with van der Waals surface area (Å²) in [7, 11) is -3.80. The van der Waals surface area contributed by atoms with Crippen molar-refractivity contribution in [3.63, 3.8) is 0 Å². The zero-order valence-corrected chi connectivity index (χ0v) is 10.3. The van der Waals surface area contributed by atoms with Gasteiger partial charge in [-0.2, -0.15) is 13.2 Å². The molecule has 0 fully saturated rings. The maximum atomic E-state index is 11.9. The number of hydrogen-bond acceptors (Lipinski definition) is 5. The fourth-order valence-electron chi connectivity index (χ4n) is 0.752. The predicted octanol–water partition coefficient (Wildman–Crippen LogP) is 2.51. The number of ether oxygens (including phenoxy) is 2. The molecule has 0 aliphatic rings. The minimum atomic E-state index is -5.21. The molecule has 0 aromatic carbocycles. The van der Waals surface area contributed by atoms with Gasteiger partial charge >= 0.3 is 18.5 Å². The van der Waals surface area contributed by atoms with E-state index in [0.29, 0.717) is 0 Å². The lowest BCUT2D eigenvalue weighted by Gasteiger charge is -2.19. The van der Waals surface area contributed by atoms with Crippen LogP contribution in [0.4, 0.5) is 26.3 Å². The number of esters is 1. The number of carbonyl (C=O) groups is 1. The van der Waals surface area contributed by atoms with Crippen LogP contribution in [-0.2, 0) is 23.4 Å². The Balaban J connectivity index is 4.72. The van der Waals surface area contributed by atoms with Crippen molar-refractivity contribution in [3.8, 4) is 0 Å². The molecular weight excluding hydrogens is 309 g/mol. The highest BCUT2D eigenvalue weighted by molar-refractivity contribution is 7.59. The van der Waals surface area contributed by atoms with E-state index in [1.165, 1.54) is 0 Å². The lowest BCUT2D eigenvalue weighted by Crippen LogP contribution is -2.22. The van der Waals surface area contributed by atoms with Crippen LogP contribution in [0.25, 0.3) is 0 Å². The minimum Gasteiger partial charge on any atom is -0.469 e. The Hall–Kier alpha value is -0.800. The molecule has 0 saturated carbocycles. The molecule has 0 saturated heterocycles. The predicted molar refractivity (Wildman–Crippen MR) is 48.5 cm³/mol. The molecule has 12 heteroatoms. The molecule has 0 heterocycles. The van der Waals surface area contributed by atoms with E-state index < -0.39 is 45.0 Å². The van der Waals surface area contributed by atoms with Gasteiger partial charge in [0.05, 0.1) is 7.11 Å². The minimum absolute atomic E-state index is 0.820. The van der Waals surface area contributed by atoms with Crippen molar-refractivity contribution in [2.24, 2.45) is 0 Å². The summed E-state index contributed by atoms with van der Waals surface area (Å²) in [4.78, 5) is 10.8. The van der Waals surface area contributed by atoms with Crippen molar-refractivity contribution in [2.45, 2.75) is 12.5 Å². The van der Waals surface area contributed by atoms with E-state index in [2.05, 4.69) is 14.0 Å². The topological polar surface area (TPSA) is 61.8 Å². The van der Waals surface area contributed by atoms with Crippen LogP contribution in [0.15, 0.2) is 0 Å². The molecule has 0 aromatic heterocycles. The quantitative estimate of drug-likeness (QED) is 0.428. The normalized spacial score (nSPS) is 15.9. The zero-order chi connectivity index (χ0) is 15.3. The largest absolute Gasteiger partial charge is 0.523 e. The molecule has 1 atom stereocenters. The van der Waals surface area contributed by atoms with E-state index in [1.54, 1.807) is 0 Å². The lowest BCUT2D eigenvalue weighted by atomic mass is 10.7. The van der Waals surface area contributed by atoms with Crippen molar-refractivity contribution < 1.29 is 49.7 Å². The molecule has 0 bridgehead atoms. The van der Waals surface area contributed by atoms with Gasteiger partial charge in [-0.15, -0.1) is 13.2 Å². The first kappa shape index (κ1) is 18.2. The first-order valence-electron chi connectivity index (χ1n) is 4.44. The van der Waals surface area contributed by atoms with Crippen molar-refractivity contribution in [3.05, 3.63) is 0 Å². The third-order valence-corrected chi connectivity index (χ3v) is 3.35. The van der Waals surface area contributed by atoms with Crippen LogP contribution in [-0.4, -0.2) is 44.7 Å². The summed E-state index contributed by atoms with van der Waals surface area (Å²) in [6.07, 6.45) is -13.1. The van der Waals surface area contributed by atoms with E-state index in [9.17, 15) is 35.7 Å². The second-order valence-electron chi connectivity index (χ2n) is 3.16. The van der Waals surface area contributed by atoms with Gasteiger partial charge in [-0.1, -0.05) is 0 Å². The summed E-state index contributed by atoms with van der Waals surface area (Å²) in [5.41, 5.74) is 0. The van der Waals surface area contributed by atoms with Gasteiger partial charge in [0.1, 0.15) is 19.1 Å². The fourth-order valence-corrected chi connectivity index (χ4v) is 2.26. The first-order valence-corrected chi connectivity index (χ1v) is 6.43. The van der Waals surface area contributed by atoms with E-state index >= 15 is 0 Å². The van der Waals surface area contributed by atoms with Crippen LogP contribution in [0.5, 0.6) is 0 Å². The molecule has 1 unspecified atom stereocenters. The number of alkyl halides is 6. The molecule has 0 aliphatic heterocycles. The Kier molecular flexibility index (Phi) is 6.30. The highest BCUT2D eigenvalue weighted by atomic mass is 31.2. The number of halogens is 6. The first-order chi connectivity index (χ1) is 8.37. The second-order valence-corrected chi connectivity index (χ2v) is 5.62. The van der Waals surface area contributed by atoms with Crippen LogP contribution in [0.1, 0.15) is 0 Å². The summed E-state index contributed by atoms with van der Waals surface area (Å²) in [6, 6.07) is 0. The van der Waals surface area contributed by atoms with Gasteiger partial charge in [-0.3, -0.25) is 14.1 Å². The molecule has 0 spiro atoms. The zero-order valence-electron chi connectivity index (χ0n) is 9.38. The maximum absolute atomic E-state index is 11.9. The van der Waals surface area contributed by atoms with E-state index in [1.807, 2.05) is 0 Å². The third kappa shape index (κ3) is 9.74. The number of carbonyl (C=O) groups excluding carboxylic acids is 1. The summed E-state index contributed by atoms with van der Waals surface area (Å²) >= 11 is 0. The van der Waals surface area contributed by atoms with Gasteiger partial charge in [0, 0.05) is 0 Å². The monoisotopic (exact) mass is 318 g/mol. The smallest absolute Gasteiger partial charge is 0.469 e. The molecule has 19 heavy (non-hydrogen) atoms. The van der Waals surface area contributed by atoms with Crippen LogP contribution in [0.2, 0.25) is 0 Å². The Morgan fingerprint density at radius 2 is 1.68 bits per heavy atom. The van der Waals surface area contributed by atoms with E-state index in [0.717, 1.165) is 7.11 Å². The summed E-state index contributed by atoms with van der Waals surface area (Å²) in [5.74, 6) is -1.28. The molecular formula is C7H9F6O5P. The molecule has 0 rings (SSSR count). The standard InChI is InChI=1S/C7H9F6O5P/c1-16-5(14)2-19(15,4-17-7(11,12)13)18-3-6(8,9)10/h2-4H2,1H3. The molecule has 0 aromatic rings. The van der Waals surface area contributed by atoms with Gasteiger partial charge in [0.2, 0.25) is 7.37 Å². The van der Waals surface area contributed by atoms with Crippen LogP contribution >= 0.6 is 7.37 Å². The Morgan fingerprint density at radius 1 is 1.16 bits per heavy atom. The van der Waals surface area contributed by atoms with Crippen LogP contribution in [0, 0.1) is 0 Å². The van der Waals surface area contributed by atoms with Crippen molar-refractivity contribution in [2.75, 3.05) is 26.2 Å². The molecule has 0 N–H and O–H groups in total. The second kappa shape index (κ2) is 6.58. The van der Waals surface area contributed by atoms with Gasteiger partial charge in [0.15, 0.2) is 0 Å². The van der Waals surface area contributed by atoms with Gasteiger partial charge in [0.25, 0.3) is 0 Å². The van der Waals surface area contributed by atoms with Crippen molar-refractivity contribution in [1.82, 2.24) is 0 Å². The van der Waals surface area contributed by atoms with Crippen LogP contribution < -0.4 is 0 Å². The Bertz CT molecular complexity index is 329. The third-order valence-electron chi connectivity index (χ3n) is 1.49. The van der Waals surface area contributed by atoms with Gasteiger partial charge < -0.3 is 9.26 Å². The molecule has 5 nitrogen and oxygen atoms in total. The van der Waals surface area contributed by atoms with E-state index in [4.69, 9.17) is 0 Å². The maximum Gasteiger partial charge on any atom is 0.523 e. The van der Waals surface area contributed by atoms with Crippen molar-refractivity contribution >= 4 is 13.3 Å². The summed E-state index contributed by atoms with van der Waals surface area (Å²) in [6.45, 7) is -2.07. The van der Waals surface area contributed by atoms with Gasteiger partial charge in [-0.25, -0.2) is 0 Å². The summed E-state index contributed by atoms with van der Waals surface area (Å²) < 4.78 is 93.4. The molecule has 0 aliphatic carbocycles. The molecule has 0 amide bonds. The lowest BCUT2D eigenvalue weighted by molar-refractivity contribution is -0.317.